The van der Waals surface area contributed by atoms with Crippen molar-refractivity contribution in [1.82, 2.24) is 15.1 Å². The molecule has 1 heterocycles. The molecule has 0 aromatic heterocycles. The maximum absolute atomic E-state index is 12.4. The number of carbonyl (C=O) groups excluding carboxylic acids is 1. The van der Waals surface area contributed by atoms with Crippen molar-refractivity contribution in [2.45, 2.75) is 13.5 Å². The van der Waals surface area contributed by atoms with Gasteiger partial charge in [-0.3, -0.25) is 4.79 Å². The highest BCUT2D eigenvalue weighted by Crippen LogP contribution is 2.13. The number of halogens is 2. The summed E-state index contributed by atoms with van der Waals surface area (Å²) >= 11 is 5.89. The molecule has 132 valence electrons. The molecule has 0 radical (unpaired) electrons. The van der Waals surface area contributed by atoms with E-state index in [0.717, 1.165) is 24.6 Å². The zero-order chi connectivity index (χ0) is 16.7. The second kappa shape index (κ2) is 10.6. The Hall–Kier alpha value is -1.28. The largest absolute Gasteiger partial charge is 0.356 e. The third-order valence-electron chi connectivity index (χ3n) is 3.61. The van der Waals surface area contributed by atoms with Crippen molar-refractivity contribution < 1.29 is 4.79 Å². The summed E-state index contributed by atoms with van der Waals surface area (Å²) in [4.78, 5) is 20.7. The van der Waals surface area contributed by atoms with Crippen molar-refractivity contribution in [2.75, 3.05) is 32.7 Å². The lowest BCUT2D eigenvalue weighted by molar-refractivity contribution is -0.135. The third kappa shape index (κ3) is 5.98. The molecule has 1 amide bonds. The molecule has 1 aliphatic rings. The second-order valence-electron chi connectivity index (χ2n) is 5.35. The molecule has 7 heteroatoms. The van der Waals surface area contributed by atoms with Gasteiger partial charge in [0.05, 0.1) is 13.1 Å². The molecule has 2 rings (SSSR count). The van der Waals surface area contributed by atoms with Gasteiger partial charge in [0, 0.05) is 31.2 Å². The average Bonchev–Trinajstić information content (AvgIpc) is 2.55. The van der Waals surface area contributed by atoms with E-state index >= 15 is 0 Å². The molecule has 0 bridgehead atoms. The summed E-state index contributed by atoms with van der Waals surface area (Å²) in [5.41, 5.74) is 1.09. The highest BCUT2D eigenvalue weighted by molar-refractivity contribution is 14.0. The Balaban J connectivity index is 0.00000288. The van der Waals surface area contributed by atoms with E-state index in [4.69, 9.17) is 11.6 Å². The number of carbonyl (C=O) groups is 1. The molecule has 1 saturated heterocycles. The van der Waals surface area contributed by atoms with E-state index in [0.29, 0.717) is 31.2 Å². The number of rotatable bonds is 5. The summed E-state index contributed by atoms with van der Waals surface area (Å²) < 4.78 is 0. The van der Waals surface area contributed by atoms with Crippen LogP contribution < -0.4 is 5.32 Å². The van der Waals surface area contributed by atoms with Crippen LogP contribution >= 0.6 is 35.6 Å². The van der Waals surface area contributed by atoms with Crippen LogP contribution in [0.15, 0.2) is 41.9 Å². The first-order valence-corrected chi connectivity index (χ1v) is 8.18. The number of nitrogens with one attached hydrogen (secondary N) is 1. The van der Waals surface area contributed by atoms with Crippen LogP contribution in [0.4, 0.5) is 0 Å². The summed E-state index contributed by atoms with van der Waals surface area (Å²) in [6, 6.07) is 7.61. The first-order valence-electron chi connectivity index (χ1n) is 7.80. The Bertz CT molecular complexity index is 576. The van der Waals surface area contributed by atoms with Crippen molar-refractivity contribution in [3.8, 4) is 0 Å². The van der Waals surface area contributed by atoms with Gasteiger partial charge in [-0.15, -0.1) is 30.6 Å². The number of amides is 1. The fourth-order valence-corrected chi connectivity index (χ4v) is 2.57. The minimum absolute atomic E-state index is 0. The molecular formula is C17H24ClIN4O. The van der Waals surface area contributed by atoms with E-state index in [9.17, 15) is 4.79 Å². The smallest absolute Gasteiger partial charge is 0.242 e. The molecule has 1 fully saturated rings. The van der Waals surface area contributed by atoms with Gasteiger partial charge >= 0.3 is 0 Å². The summed E-state index contributed by atoms with van der Waals surface area (Å²) in [7, 11) is 0. The van der Waals surface area contributed by atoms with Gasteiger partial charge in [-0.2, -0.15) is 0 Å². The molecule has 0 spiro atoms. The Morgan fingerprint density at radius 2 is 2.08 bits per heavy atom. The first-order chi connectivity index (χ1) is 11.1. The van der Waals surface area contributed by atoms with Crippen LogP contribution in [-0.4, -0.2) is 54.4 Å². The summed E-state index contributed by atoms with van der Waals surface area (Å²) in [6.45, 7) is 9.42. The third-order valence-corrected chi connectivity index (χ3v) is 3.86. The summed E-state index contributed by atoms with van der Waals surface area (Å²) in [6.07, 6.45) is 1.75. The minimum atomic E-state index is 0. The normalized spacial score (nSPS) is 15.1. The molecule has 0 aliphatic carbocycles. The average molecular weight is 463 g/mol. The monoisotopic (exact) mass is 462 g/mol. The lowest BCUT2D eigenvalue weighted by Crippen LogP contribution is -2.54. The molecule has 1 aromatic rings. The number of piperazine rings is 1. The quantitative estimate of drug-likeness (QED) is 0.317. The molecule has 1 N–H and O–H groups in total. The number of hydrogen-bond donors (Lipinski definition) is 1. The van der Waals surface area contributed by atoms with Crippen LogP contribution in [-0.2, 0) is 11.3 Å². The van der Waals surface area contributed by atoms with Gasteiger partial charge in [-0.05, 0) is 24.6 Å². The van der Waals surface area contributed by atoms with Gasteiger partial charge in [0.25, 0.3) is 0 Å². The van der Waals surface area contributed by atoms with Crippen molar-refractivity contribution in [3.63, 3.8) is 0 Å². The topological polar surface area (TPSA) is 47.9 Å². The van der Waals surface area contributed by atoms with Gasteiger partial charge in [-0.25, -0.2) is 4.99 Å². The number of hydrogen-bond acceptors (Lipinski definition) is 2. The van der Waals surface area contributed by atoms with E-state index in [1.165, 1.54) is 0 Å². The van der Waals surface area contributed by atoms with Gasteiger partial charge in [0.2, 0.25) is 5.91 Å². The van der Waals surface area contributed by atoms with Crippen LogP contribution in [0.2, 0.25) is 5.02 Å². The van der Waals surface area contributed by atoms with E-state index in [1.807, 2.05) is 41.0 Å². The van der Waals surface area contributed by atoms with Crippen LogP contribution in [0.3, 0.4) is 0 Å². The Labute approximate surface area is 165 Å². The van der Waals surface area contributed by atoms with Crippen LogP contribution in [0, 0.1) is 0 Å². The minimum Gasteiger partial charge on any atom is -0.356 e. The predicted octanol–water partition coefficient (Wildman–Crippen LogP) is 2.75. The van der Waals surface area contributed by atoms with Crippen LogP contribution in [0.25, 0.3) is 0 Å². The highest BCUT2D eigenvalue weighted by Gasteiger charge is 2.25. The molecule has 0 saturated carbocycles. The lowest BCUT2D eigenvalue weighted by Gasteiger charge is -2.36. The van der Waals surface area contributed by atoms with Crippen molar-refractivity contribution in [1.29, 1.82) is 0 Å². The fourth-order valence-electron chi connectivity index (χ4n) is 2.44. The van der Waals surface area contributed by atoms with E-state index < -0.39 is 0 Å². The Morgan fingerprint density at radius 1 is 1.38 bits per heavy atom. The molecule has 1 aromatic carbocycles. The first kappa shape index (κ1) is 20.8. The van der Waals surface area contributed by atoms with Gasteiger partial charge < -0.3 is 15.1 Å². The molecule has 0 unspecified atom stereocenters. The number of guanidine groups is 1. The standard InChI is InChI=1S/C17H23ClN4O.HI/c1-3-9-20-17(19-4-2)22-11-10-21(16(23)13-22)12-14-5-7-15(18)8-6-14;/h3,5-8H,1,4,9-13H2,2H3,(H,19,20);1H. The zero-order valence-electron chi connectivity index (χ0n) is 13.9. The van der Waals surface area contributed by atoms with E-state index in [-0.39, 0.29) is 29.9 Å². The van der Waals surface area contributed by atoms with Crippen molar-refractivity contribution in [2.24, 2.45) is 4.99 Å². The number of aliphatic imine (C=N–C) groups is 1. The van der Waals surface area contributed by atoms with Crippen molar-refractivity contribution >= 4 is 47.4 Å². The summed E-state index contributed by atoms with van der Waals surface area (Å²) in [5.74, 6) is 0.877. The number of nitrogens with zero attached hydrogens (tertiary/aromatic N) is 3. The van der Waals surface area contributed by atoms with Gasteiger partial charge in [0.15, 0.2) is 5.96 Å². The highest BCUT2D eigenvalue weighted by atomic mass is 127. The maximum Gasteiger partial charge on any atom is 0.242 e. The number of benzene rings is 1. The molecule has 24 heavy (non-hydrogen) atoms. The van der Waals surface area contributed by atoms with Gasteiger partial charge in [0.1, 0.15) is 0 Å². The van der Waals surface area contributed by atoms with Crippen LogP contribution in [0.1, 0.15) is 12.5 Å². The van der Waals surface area contributed by atoms with E-state index in [1.54, 1.807) is 6.08 Å². The zero-order valence-corrected chi connectivity index (χ0v) is 17.0. The molecule has 1 aliphatic heterocycles. The molecule has 5 nitrogen and oxygen atoms in total. The molecule has 0 atom stereocenters. The van der Waals surface area contributed by atoms with Gasteiger partial charge in [-0.1, -0.05) is 29.8 Å². The fraction of sp³-hybridized carbons (Fsp3) is 0.412. The second-order valence-corrected chi connectivity index (χ2v) is 5.78. The van der Waals surface area contributed by atoms with Crippen LogP contribution in [0.5, 0.6) is 0 Å². The Morgan fingerprint density at radius 3 is 2.67 bits per heavy atom. The molecular weight excluding hydrogens is 439 g/mol. The SMILES string of the molecule is C=CCN=C(NCC)N1CCN(Cc2ccc(Cl)cc2)C(=O)C1.I. The predicted molar refractivity (Wildman–Crippen MR) is 110 cm³/mol. The Kier molecular flexibility index (Phi) is 9.13. The maximum atomic E-state index is 12.4. The van der Waals surface area contributed by atoms with Crippen molar-refractivity contribution in [3.05, 3.63) is 47.5 Å². The lowest BCUT2D eigenvalue weighted by atomic mass is 10.2. The van der Waals surface area contributed by atoms with E-state index in [2.05, 4.69) is 16.9 Å². The summed E-state index contributed by atoms with van der Waals surface area (Å²) in [5, 5.41) is 3.93.